The summed E-state index contributed by atoms with van der Waals surface area (Å²) in [5.41, 5.74) is 8.60. The van der Waals surface area contributed by atoms with Gasteiger partial charge in [0.2, 0.25) is 0 Å². The molecule has 0 saturated carbocycles. The van der Waals surface area contributed by atoms with Crippen LogP contribution in [0.3, 0.4) is 0 Å². The number of hydrogen-bond acceptors (Lipinski definition) is 1. The Balaban J connectivity index is 2.22. The Hall–Kier alpha value is -2.29. The van der Waals surface area contributed by atoms with E-state index < -0.39 is 6.03 Å². The second-order valence-electron chi connectivity index (χ2n) is 4.43. The van der Waals surface area contributed by atoms with Crippen molar-refractivity contribution in [1.82, 2.24) is 0 Å². The molecule has 0 bridgehead atoms. The van der Waals surface area contributed by atoms with E-state index in [2.05, 4.69) is 6.92 Å². The van der Waals surface area contributed by atoms with Crippen LogP contribution in [0.2, 0.25) is 0 Å². The summed E-state index contributed by atoms with van der Waals surface area (Å²) in [6, 6.07) is 17.3. The van der Waals surface area contributed by atoms with E-state index in [1.807, 2.05) is 54.6 Å². The molecule has 0 spiro atoms. The van der Waals surface area contributed by atoms with Gasteiger partial charge in [0.1, 0.15) is 0 Å². The van der Waals surface area contributed by atoms with Crippen LogP contribution in [-0.2, 0) is 13.0 Å². The Kier molecular flexibility index (Phi) is 4.18. The molecule has 0 aromatic heterocycles. The van der Waals surface area contributed by atoms with Crippen LogP contribution >= 0.6 is 0 Å². The zero-order valence-corrected chi connectivity index (χ0v) is 11.0. The lowest BCUT2D eigenvalue weighted by Gasteiger charge is -2.21. The Morgan fingerprint density at radius 1 is 1.00 bits per heavy atom. The number of hydrogen-bond donors (Lipinski definition) is 1. The number of carbonyl (C=O) groups is 1. The molecule has 0 aliphatic carbocycles. The SMILES string of the molecule is CCc1ccc(N(Cc2ccccc2)C(N)=O)cc1. The summed E-state index contributed by atoms with van der Waals surface area (Å²) in [5, 5.41) is 0. The molecule has 3 nitrogen and oxygen atoms in total. The number of rotatable bonds is 4. The van der Waals surface area contributed by atoms with Gasteiger partial charge in [0.15, 0.2) is 0 Å². The summed E-state index contributed by atoms with van der Waals surface area (Å²) in [6.07, 6.45) is 0.982. The third kappa shape index (κ3) is 3.35. The molecule has 0 saturated heterocycles. The lowest BCUT2D eigenvalue weighted by molar-refractivity contribution is 0.253. The lowest BCUT2D eigenvalue weighted by atomic mass is 10.1. The molecule has 2 aromatic rings. The monoisotopic (exact) mass is 254 g/mol. The van der Waals surface area contributed by atoms with Crippen molar-refractivity contribution in [2.45, 2.75) is 19.9 Å². The first-order valence-corrected chi connectivity index (χ1v) is 6.40. The predicted molar refractivity (Wildman–Crippen MR) is 78.0 cm³/mol. The van der Waals surface area contributed by atoms with E-state index in [-0.39, 0.29) is 0 Å². The lowest BCUT2D eigenvalue weighted by Crippen LogP contribution is -2.35. The summed E-state index contributed by atoms with van der Waals surface area (Å²) in [4.78, 5) is 13.2. The number of anilines is 1. The Morgan fingerprint density at radius 3 is 2.16 bits per heavy atom. The van der Waals surface area contributed by atoms with Gasteiger partial charge >= 0.3 is 6.03 Å². The number of carbonyl (C=O) groups excluding carboxylic acids is 1. The molecule has 0 unspecified atom stereocenters. The zero-order chi connectivity index (χ0) is 13.7. The molecule has 2 N–H and O–H groups in total. The Morgan fingerprint density at radius 2 is 1.63 bits per heavy atom. The number of urea groups is 1. The summed E-state index contributed by atoms with van der Waals surface area (Å²) in [5.74, 6) is 0. The average molecular weight is 254 g/mol. The number of aryl methyl sites for hydroxylation is 1. The highest BCUT2D eigenvalue weighted by molar-refractivity contribution is 5.90. The maximum atomic E-state index is 11.6. The van der Waals surface area contributed by atoms with Crippen LogP contribution in [0.25, 0.3) is 0 Å². The molecule has 0 atom stereocenters. The smallest absolute Gasteiger partial charge is 0.319 e. The molecule has 19 heavy (non-hydrogen) atoms. The van der Waals surface area contributed by atoms with Gasteiger partial charge in [-0.15, -0.1) is 0 Å². The third-order valence-electron chi connectivity index (χ3n) is 3.11. The first kappa shape index (κ1) is 13.1. The second-order valence-corrected chi connectivity index (χ2v) is 4.43. The van der Waals surface area contributed by atoms with Gasteiger partial charge in [-0.25, -0.2) is 4.79 Å². The summed E-state index contributed by atoms with van der Waals surface area (Å²) < 4.78 is 0. The fraction of sp³-hybridized carbons (Fsp3) is 0.188. The van der Waals surface area contributed by atoms with E-state index >= 15 is 0 Å². The number of benzene rings is 2. The third-order valence-corrected chi connectivity index (χ3v) is 3.11. The Labute approximate surface area is 113 Å². The summed E-state index contributed by atoms with van der Waals surface area (Å²) in [7, 11) is 0. The normalized spacial score (nSPS) is 10.2. The molecular formula is C16H18N2O. The highest BCUT2D eigenvalue weighted by atomic mass is 16.2. The van der Waals surface area contributed by atoms with Crippen LogP contribution in [0, 0.1) is 0 Å². The molecule has 2 aromatic carbocycles. The van der Waals surface area contributed by atoms with Gasteiger partial charge in [0, 0.05) is 5.69 Å². The topological polar surface area (TPSA) is 46.3 Å². The van der Waals surface area contributed by atoms with E-state index in [0.29, 0.717) is 6.54 Å². The fourth-order valence-electron chi connectivity index (χ4n) is 1.97. The molecule has 98 valence electrons. The molecule has 0 heterocycles. The van der Waals surface area contributed by atoms with Crippen molar-refractivity contribution in [3.8, 4) is 0 Å². The van der Waals surface area contributed by atoms with Crippen LogP contribution in [0.4, 0.5) is 10.5 Å². The predicted octanol–water partition coefficient (Wildman–Crippen LogP) is 3.33. The van der Waals surface area contributed by atoms with Crippen LogP contribution in [-0.4, -0.2) is 6.03 Å². The van der Waals surface area contributed by atoms with Crippen molar-refractivity contribution in [3.05, 3.63) is 65.7 Å². The van der Waals surface area contributed by atoms with Crippen LogP contribution < -0.4 is 10.6 Å². The van der Waals surface area contributed by atoms with E-state index in [0.717, 1.165) is 17.7 Å². The van der Waals surface area contributed by atoms with E-state index in [1.165, 1.54) is 5.56 Å². The fourth-order valence-corrected chi connectivity index (χ4v) is 1.97. The number of nitrogens with two attached hydrogens (primary N) is 1. The first-order chi connectivity index (χ1) is 9.20. The minimum atomic E-state index is -0.437. The maximum absolute atomic E-state index is 11.6. The summed E-state index contributed by atoms with van der Waals surface area (Å²) in [6.45, 7) is 2.59. The number of nitrogens with zero attached hydrogens (tertiary/aromatic N) is 1. The van der Waals surface area contributed by atoms with Crippen LogP contribution in [0.15, 0.2) is 54.6 Å². The van der Waals surface area contributed by atoms with Crippen molar-refractivity contribution in [1.29, 1.82) is 0 Å². The van der Waals surface area contributed by atoms with Crippen molar-refractivity contribution < 1.29 is 4.79 Å². The minimum absolute atomic E-state index is 0.437. The van der Waals surface area contributed by atoms with Crippen LogP contribution in [0.1, 0.15) is 18.1 Å². The number of amides is 2. The van der Waals surface area contributed by atoms with Crippen molar-refractivity contribution in [2.75, 3.05) is 4.90 Å². The van der Waals surface area contributed by atoms with Crippen molar-refractivity contribution in [2.24, 2.45) is 5.73 Å². The van der Waals surface area contributed by atoms with Gasteiger partial charge in [0.05, 0.1) is 6.54 Å². The zero-order valence-electron chi connectivity index (χ0n) is 11.0. The quantitative estimate of drug-likeness (QED) is 0.893. The van der Waals surface area contributed by atoms with E-state index in [1.54, 1.807) is 4.90 Å². The maximum Gasteiger partial charge on any atom is 0.319 e. The minimum Gasteiger partial charge on any atom is -0.351 e. The van der Waals surface area contributed by atoms with Gasteiger partial charge in [0.25, 0.3) is 0 Å². The van der Waals surface area contributed by atoms with E-state index in [9.17, 15) is 4.79 Å². The van der Waals surface area contributed by atoms with Crippen LogP contribution in [0.5, 0.6) is 0 Å². The average Bonchev–Trinajstić information content (AvgIpc) is 2.46. The second kappa shape index (κ2) is 6.05. The van der Waals surface area contributed by atoms with Crippen molar-refractivity contribution in [3.63, 3.8) is 0 Å². The highest BCUT2D eigenvalue weighted by Gasteiger charge is 2.12. The van der Waals surface area contributed by atoms with E-state index in [4.69, 9.17) is 5.73 Å². The molecular weight excluding hydrogens is 236 g/mol. The molecule has 3 heteroatoms. The molecule has 0 aliphatic heterocycles. The molecule has 0 radical (unpaired) electrons. The molecule has 2 amide bonds. The first-order valence-electron chi connectivity index (χ1n) is 6.40. The summed E-state index contributed by atoms with van der Waals surface area (Å²) >= 11 is 0. The largest absolute Gasteiger partial charge is 0.351 e. The molecule has 0 aliphatic rings. The van der Waals surface area contributed by atoms with Crippen molar-refractivity contribution >= 4 is 11.7 Å². The van der Waals surface area contributed by atoms with Gasteiger partial charge in [-0.05, 0) is 29.7 Å². The highest BCUT2D eigenvalue weighted by Crippen LogP contribution is 2.18. The van der Waals surface area contributed by atoms with Gasteiger partial charge in [-0.1, -0.05) is 49.4 Å². The van der Waals surface area contributed by atoms with Gasteiger partial charge in [-0.3, -0.25) is 4.90 Å². The molecule has 0 fully saturated rings. The molecule has 2 rings (SSSR count). The number of primary amides is 1. The van der Waals surface area contributed by atoms with Gasteiger partial charge < -0.3 is 5.73 Å². The van der Waals surface area contributed by atoms with Gasteiger partial charge in [-0.2, -0.15) is 0 Å². The Bertz CT molecular complexity index is 534. The standard InChI is InChI=1S/C16H18N2O/c1-2-13-8-10-15(11-9-13)18(16(17)19)12-14-6-4-3-5-7-14/h3-11H,2,12H2,1H3,(H2,17,19).